The van der Waals surface area contributed by atoms with Gasteiger partial charge in [-0.3, -0.25) is 9.69 Å². The van der Waals surface area contributed by atoms with Crippen LogP contribution in [-0.4, -0.2) is 37.0 Å². The molecule has 4 nitrogen and oxygen atoms in total. The van der Waals surface area contributed by atoms with Crippen LogP contribution < -0.4 is 11.1 Å². The molecule has 0 radical (unpaired) electrons. The third kappa shape index (κ3) is 4.49. The summed E-state index contributed by atoms with van der Waals surface area (Å²) in [5, 5.41) is 3.46. The molecule has 19 heavy (non-hydrogen) atoms. The van der Waals surface area contributed by atoms with Crippen LogP contribution in [0.3, 0.4) is 0 Å². The molecule has 1 aromatic carbocycles. The molecule has 5 heteroatoms. The van der Waals surface area contributed by atoms with E-state index in [9.17, 15) is 4.79 Å². The van der Waals surface area contributed by atoms with E-state index < -0.39 is 0 Å². The fourth-order valence-electron chi connectivity index (χ4n) is 2.21. The van der Waals surface area contributed by atoms with Crippen LogP contribution in [0.1, 0.15) is 25.5 Å². The summed E-state index contributed by atoms with van der Waals surface area (Å²) in [6.07, 6.45) is 0. The predicted molar refractivity (Wildman–Crippen MR) is 79.2 cm³/mol. The van der Waals surface area contributed by atoms with Crippen molar-refractivity contribution in [3.05, 3.63) is 34.9 Å². The van der Waals surface area contributed by atoms with E-state index in [2.05, 4.69) is 5.32 Å². The van der Waals surface area contributed by atoms with Gasteiger partial charge in [-0.05, 0) is 32.5 Å². The molecule has 0 bridgehead atoms. The maximum absolute atomic E-state index is 11.7. The van der Waals surface area contributed by atoms with Gasteiger partial charge in [0.15, 0.2) is 0 Å². The van der Waals surface area contributed by atoms with E-state index in [0.29, 0.717) is 18.1 Å². The maximum Gasteiger partial charge on any atom is 0.234 e. The number of hydrogen-bond donors (Lipinski definition) is 2. The largest absolute Gasteiger partial charge is 0.355 e. The number of hydrogen-bond acceptors (Lipinski definition) is 3. The summed E-state index contributed by atoms with van der Waals surface area (Å²) in [6, 6.07) is 7.39. The van der Waals surface area contributed by atoms with E-state index in [0.717, 1.165) is 5.56 Å². The van der Waals surface area contributed by atoms with Gasteiger partial charge in [0, 0.05) is 17.6 Å². The highest BCUT2D eigenvalue weighted by Crippen LogP contribution is 2.28. The molecule has 0 aromatic heterocycles. The van der Waals surface area contributed by atoms with E-state index in [1.807, 2.05) is 50.1 Å². The van der Waals surface area contributed by atoms with Crippen LogP contribution in [0, 0.1) is 0 Å². The number of benzene rings is 1. The summed E-state index contributed by atoms with van der Waals surface area (Å²) < 4.78 is 0. The average molecular weight is 284 g/mol. The van der Waals surface area contributed by atoms with Gasteiger partial charge in [0.25, 0.3) is 0 Å². The van der Waals surface area contributed by atoms with Gasteiger partial charge < -0.3 is 11.1 Å². The zero-order chi connectivity index (χ0) is 14.4. The van der Waals surface area contributed by atoms with Gasteiger partial charge in [-0.2, -0.15) is 0 Å². The molecular formula is C14H22ClN3O. The SMILES string of the molecule is CCNC(=O)CN(C)C(c1ccccc1Cl)C(C)N. The average Bonchev–Trinajstić information content (AvgIpc) is 2.31. The highest BCUT2D eigenvalue weighted by Gasteiger charge is 2.24. The zero-order valence-corrected chi connectivity index (χ0v) is 12.4. The Hall–Kier alpha value is -1.10. The minimum Gasteiger partial charge on any atom is -0.355 e. The monoisotopic (exact) mass is 283 g/mol. The number of nitrogens with two attached hydrogens (primary N) is 1. The lowest BCUT2D eigenvalue weighted by Crippen LogP contribution is -2.42. The Morgan fingerprint density at radius 2 is 2.11 bits per heavy atom. The topological polar surface area (TPSA) is 58.4 Å². The van der Waals surface area contributed by atoms with E-state index in [1.54, 1.807) is 0 Å². The fourth-order valence-corrected chi connectivity index (χ4v) is 2.46. The molecule has 0 saturated carbocycles. The summed E-state index contributed by atoms with van der Waals surface area (Å²) in [5.74, 6) is -0.0114. The second-order valence-electron chi connectivity index (χ2n) is 4.69. The van der Waals surface area contributed by atoms with Crippen molar-refractivity contribution in [3.63, 3.8) is 0 Å². The number of halogens is 1. The van der Waals surface area contributed by atoms with Gasteiger partial charge in [0.05, 0.1) is 12.6 Å². The summed E-state index contributed by atoms with van der Waals surface area (Å²) in [4.78, 5) is 13.6. The lowest BCUT2D eigenvalue weighted by Gasteiger charge is -2.31. The molecule has 3 N–H and O–H groups in total. The van der Waals surface area contributed by atoms with Crippen molar-refractivity contribution in [1.82, 2.24) is 10.2 Å². The maximum atomic E-state index is 11.7. The first-order valence-corrected chi connectivity index (χ1v) is 6.82. The second-order valence-corrected chi connectivity index (χ2v) is 5.10. The molecule has 0 aliphatic carbocycles. The normalized spacial score (nSPS) is 14.2. The van der Waals surface area contributed by atoms with Crippen LogP contribution >= 0.6 is 11.6 Å². The first-order chi connectivity index (χ1) is 8.97. The number of nitrogens with one attached hydrogen (secondary N) is 1. The smallest absolute Gasteiger partial charge is 0.234 e. The van der Waals surface area contributed by atoms with Crippen LogP contribution in [0.25, 0.3) is 0 Å². The van der Waals surface area contributed by atoms with Gasteiger partial charge in [-0.15, -0.1) is 0 Å². The summed E-state index contributed by atoms with van der Waals surface area (Å²) in [6.45, 7) is 4.74. The highest BCUT2D eigenvalue weighted by atomic mass is 35.5. The third-order valence-corrected chi connectivity index (χ3v) is 3.31. The van der Waals surface area contributed by atoms with E-state index in [1.165, 1.54) is 0 Å². The Morgan fingerprint density at radius 1 is 1.47 bits per heavy atom. The quantitative estimate of drug-likeness (QED) is 0.837. The van der Waals surface area contributed by atoms with Crippen molar-refractivity contribution >= 4 is 17.5 Å². The first-order valence-electron chi connectivity index (χ1n) is 6.44. The molecule has 2 unspecified atom stereocenters. The Labute approximate surface area is 119 Å². The lowest BCUT2D eigenvalue weighted by atomic mass is 9.99. The number of rotatable bonds is 6. The molecule has 0 saturated heterocycles. The summed E-state index contributed by atoms with van der Waals surface area (Å²) in [5.41, 5.74) is 7.01. The predicted octanol–water partition coefficient (Wildman–Crippen LogP) is 1.80. The second kappa shape index (κ2) is 7.48. The minimum atomic E-state index is -0.126. The summed E-state index contributed by atoms with van der Waals surface area (Å²) >= 11 is 6.22. The lowest BCUT2D eigenvalue weighted by molar-refractivity contribution is -0.122. The minimum absolute atomic E-state index is 0.0114. The van der Waals surface area contributed by atoms with Crippen molar-refractivity contribution in [3.8, 4) is 0 Å². The highest BCUT2D eigenvalue weighted by molar-refractivity contribution is 6.31. The van der Waals surface area contributed by atoms with Crippen molar-refractivity contribution < 1.29 is 4.79 Å². The molecule has 0 spiro atoms. The molecule has 1 aromatic rings. The molecule has 106 valence electrons. The van der Waals surface area contributed by atoms with E-state index in [-0.39, 0.29) is 18.0 Å². The molecular weight excluding hydrogens is 262 g/mol. The Bertz CT molecular complexity index is 423. The van der Waals surface area contributed by atoms with Gasteiger partial charge in [-0.25, -0.2) is 0 Å². The zero-order valence-electron chi connectivity index (χ0n) is 11.7. The molecule has 1 rings (SSSR count). The van der Waals surface area contributed by atoms with Crippen molar-refractivity contribution in [1.29, 1.82) is 0 Å². The standard InChI is InChI=1S/C14H22ClN3O/c1-4-17-13(19)9-18(3)14(10(2)16)11-7-5-6-8-12(11)15/h5-8,10,14H,4,9,16H2,1-3H3,(H,17,19). The number of likely N-dealkylation sites (N-methyl/N-ethyl adjacent to an activating group) is 2. The van der Waals surface area contributed by atoms with E-state index >= 15 is 0 Å². The van der Waals surface area contributed by atoms with E-state index in [4.69, 9.17) is 17.3 Å². The van der Waals surface area contributed by atoms with Gasteiger partial charge in [0.1, 0.15) is 0 Å². The first kappa shape index (κ1) is 16.0. The third-order valence-electron chi connectivity index (χ3n) is 2.96. The molecule has 0 aliphatic heterocycles. The molecule has 0 fully saturated rings. The van der Waals surface area contributed by atoms with Crippen LogP contribution in [0.4, 0.5) is 0 Å². The van der Waals surface area contributed by atoms with Crippen LogP contribution in [-0.2, 0) is 4.79 Å². The van der Waals surface area contributed by atoms with Crippen molar-refractivity contribution in [2.24, 2.45) is 5.73 Å². The molecule has 1 amide bonds. The molecule has 0 aliphatic rings. The summed E-state index contributed by atoms with van der Waals surface area (Å²) in [7, 11) is 1.88. The molecule has 0 heterocycles. The number of carbonyl (C=O) groups excluding carboxylic acids is 1. The van der Waals surface area contributed by atoms with Crippen LogP contribution in [0.2, 0.25) is 5.02 Å². The van der Waals surface area contributed by atoms with Gasteiger partial charge in [-0.1, -0.05) is 29.8 Å². The van der Waals surface area contributed by atoms with Crippen LogP contribution in [0.5, 0.6) is 0 Å². The Morgan fingerprint density at radius 3 is 2.63 bits per heavy atom. The Kier molecular flexibility index (Phi) is 6.28. The van der Waals surface area contributed by atoms with Gasteiger partial charge in [0.2, 0.25) is 5.91 Å². The Balaban J connectivity index is 2.89. The van der Waals surface area contributed by atoms with Crippen molar-refractivity contribution in [2.75, 3.05) is 20.1 Å². The number of amides is 1. The number of nitrogens with zero attached hydrogens (tertiary/aromatic N) is 1. The number of carbonyl (C=O) groups is 1. The fraction of sp³-hybridized carbons (Fsp3) is 0.500. The van der Waals surface area contributed by atoms with Gasteiger partial charge >= 0.3 is 0 Å². The van der Waals surface area contributed by atoms with Crippen LogP contribution in [0.15, 0.2) is 24.3 Å². The van der Waals surface area contributed by atoms with Crippen molar-refractivity contribution in [2.45, 2.75) is 25.9 Å². The molecule has 2 atom stereocenters.